The van der Waals surface area contributed by atoms with Crippen molar-refractivity contribution >= 4 is 44.0 Å². The first-order valence-corrected chi connectivity index (χ1v) is 6.37. The zero-order valence-electron chi connectivity index (χ0n) is 9.91. The van der Waals surface area contributed by atoms with Gasteiger partial charge in [0.25, 0.3) is 5.69 Å². The Kier molecular flexibility index (Phi) is 3.07. The van der Waals surface area contributed by atoms with Crippen molar-refractivity contribution in [3.8, 4) is 0 Å². The number of nitro benzene ring substituents is 1. The van der Waals surface area contributed by atoms with Crippen molar-refractivity contribution in [3.05, 3.63) is 51.0 Å². The van der Waals surface area contributed by atoms with Crippen LogP contribution in [0.5, 0.6) is 0 Å². The second-order valence-corrected chi connectivity index (χ2v) is 4.81. The first-order valence-electron chi connectivity index (χ1n) is 5.58. The van der Waals surface area contributed by atoms with Crippen LogP contribution in [0, 0.1) is 10.1 Å². The quantitative estimate of drug-likeness (QED) is 0.580. The third-order valence-electron chi connectivity index (χ3n) is 2.74. The maximum atomic E-state index is 11.1. The molecule has 7 nitrogen and oxygen atoms in total. The SMILES string of the molecule is O=[N+]([O-])c1ccc2nonc2c1Nc1ccccc1Br. The lowest BCUT2D eigenvalue weighted by molar-refractivity contribution is -0.383. The van der Waals surface area contributed by atoms with E-state index in [2.05, 4.69) is 36.2 Å². The average Bonchev–Trinajstić information content (AvgIpc) is 2.90. The standard InChI is InChI=1S/C12H7BrN4O3/c13-7-3-1-2-4-8(7)14-12-10(17(18)19)6-5-9-11(12)16-20-15-9/h1-6,14H. The van der Waals surface area contributed by atoms with Gasteiger partial charge < -0.3 is 5.32 Å². The number of para-hydroxylation sites is 1. The third-order valence-corrected chi connectivity index (χ3v) is 3.43. The molecular formula is C12H7BrN4O3. The van der Waals surface area contributed by atoms with E-state index in [1.54, 1.807) is 6.07 Å². The molecule has 8 heteroatoms. The Bertz CT molecular complexity index is 802. The van der Waals surface area contributed by atoms with Gasteiger partial charge in [0, 0.05) is 10.5 Å². The number of fused-ring (bicyclic) bond motifs is 1. The fourth-order valence-corrected chi connectivity index (χ4v) is 2.20. The Balaban J connectivity index is 2.18. The van der Waals surface area contributed by atoms with Crippen molar-refractivity contribution in [1.29, 1.82) is 0 Å². The number of nitro groups is 1. The van der Waals surface area contributed by atoms with E-state index in [-0.39, 0.29) is 11.4 Å². The minimum Gasteiger partial charge on any atom is -0.347 e. The van der Waals surface area contributed by atoms with Crippen LogP contribution < -0.4 is 5.32 Å². The zero-order chi connectivity index (χ0) is 14.1. The van der Waals surface area contributed by atoms with Gasteiger partial charge in [-0.15, -0.1) is 0 Å². The molecule has 1 heterocycles. The highest BCUT2D eigenvalue weighted by molar-refractivity contribution is 9.10. The molecule has 20 heavy (non-hydrogen) atoms. The summed E-state index contributed by atoms with van der Waals surface area (Å²) in [4.78, 5) is 10.7. The van der Waals surface area contributed by atoms with Crippen LogP contribution in [0.15, 0.2) is 45.5 Å². The van der Waals surface area contributed by atoms with E-state index in [9.17, 15) is 10.1 Å². The molecule has 0 saturated heterocycles. The fourth-order valence-electron chi connectivity index (χ4n) is 1.81. The summed E-state index contributed by atoms with van der Waals surface area (Å²) in [6.07, 6.45) is 0. The van der Waals surface area contributed by atoms with E-state index < -0.39 is 4.92 Å². The fraction of sp³-hybridized carbons (Fsp3) is 0. The molecule has 0 aliphatic rings. The molecule has 0 amide bonds. The van der Waals surface area contributed by atoms with Gasteiger partial charge in [-0.05, 0) is 44.4 Å². The van der Waals surface area contributed by atoms with Gasteiger partial charge >= 0.3 is 0 Å². The van der Waals surface area contributed by atoms with Gasteiger partial charge in [-0.2, -0.15) is 0 Å². The second-order valence-electron chi connectivity index (χ2n) is 3.95. The molecule has 0 fully saturated rings. The number of nitrogens with one attached hydrogen (secondary N) is 1. The van der Waals surface area contributed by atoms with Crippen molar-refractivity contribution in [2.45, 2.75) is 0 Å². The molecule has 0 aliphatic heterocycles. The smallest absolute Gasteiger partial charge is 0.295 e. The Labute approximate surface area is 120 Å². The molecular weight excluding hydrogens is 328 g/mol. The van der Waals surface area contributed by atoms with Gasteiger partial charge in [0.05, 0.1) is 10.6 Å². The van der Waals surface area contributed by atoms with E-state index in [1.165, 1.54) is 12.1 Å². The maximum absolute atomic E-state index is 11.1. The van der Waals surface area contributed by atoms with Crippen LogP contribution >= 0.6 is 15.9 Å². The molecule has 0 atom stereocenters. The van der Waals surface area contributed by atoms with Gasteiger partial charge in [0.15, 0.2) is 5.52 Å². The predicted octanol–water partition coefficient (Wildman–Crippen LogP) is 3.64. The monoisotopic (exact) mass is 334 g/mol. The normalized spacial score (nSPS) is 10.7. The Morgan fingerprint density at radius 1 is 1.20 bits per heavy atom. The van der Waals surface area contributed by atoms with Gasteiger partial charge in [0.1, 0.15) is 11.2 Å². The van der Waals surface area contributed by atoms with Crippen molar-refractivity contribution in [2.75, 3.05) is 5.32 Å². The van der Waals surface area contributed by atoms with Crippen LogP contribution in [0.2, 0.25) is 0 Å². The second kappa shape index (κ2) is 4.89. The van der Waals surface area contributed by atoms with Crippen LogP contribution in [-0.2, 0) is 0 Å². The molecule has 1 aromatic heterocycles. The first-order chi connectivity index (χ1) is 9.66. The van der Waals surface area contributed by atoms with Crippen molar-refractivity contribution < 1.29 is 9.55 Å². The molecule has 100 valence electrons. The van der Waals surface area contributed by atoms with Crippen LogP contribution in [0.4, 0.5) is 17.1 Å². The minimum absolute atomic E-state index is 0.0936. The lowest BCUT2D eigenvalue weighted by Crippen LogP contribution is -1.98. The summed E-state index contributed by atoms with van der Waals surface area (Å²) in [5.41, 5.74) is 1.61. The summed E-state index contributed by atoms with van der Waals surface area (Å²) in [5.74, 6) is 0. The third kappa shape index (κ3) is 2.10. The van der Waals surface area contributed by atoms with Crippen LogP contribution in [0.1, 0.15) is 0 Å². The van der Waals surface area contributed by atoms with Gasteiger partial charge in [-0.3, -0.25) is 10.1 Å². The Morgan fingerprint density at radius 2 is 2.00 bits per heavy atom. The van der Waals surface area contributed by atoms with E-state index in [0.717, 1.165) is 4.47 Å². The molecule has 1 N–H and O–H groups in total. The van der Waals surface area contributed by atoms with Crippen LogP contribution in [-0.4, -0.2) is 15.2 Å². The maximum Gasteiger partial charge on any atom is 0.295 e. The molecule has 2 aromatic carbocycles. The Morgan fingerprint density at radius 3 is 2.75 bits per heavy atom. The average molecular weight is 335 g/mol. The molecule has 0 spiro atoms. The molecule has 3 aromatic rings. The van der Waals surface area contributed by atoms with Crippen molar-refractivity contribution in [2.24, 2.45) is 0 Å². The summed E-state index contributed by atoms with van der Waals surface area (Å²) >= 11 is 3.38. The molecule has 0 radical (unpaired) electrons. The van der Waals surface area contributed by atoms with Crippen molar-refractivity contribution in [3.63, 3.8) is 0 Å². The Hall–Kier alpha value is -2.48. The summed E-state index contributed by atoms with van der Waals surface area (Å²) in [6.45, 7) is 0. The van der Waals surface area contributed by atoms with E-state index in [1.807, 2.05) is 18.2 Å². The lowest BCUT2D eigenvalue weighted by atomic mass is 10.2. The zero-order valence-corrected chi connectivity index (χ0v) is 11.5. The minimum atomic E-state index is -0.479. The highest BCUT2D eigenvalue weighted by Gasteiger charge is 2.20. The van der Waals surface area contributed by atoms with Gasteiger partial charge in [-0.1, -0.05) is 12.1 Å². The van der Waals surface area contributed by atoms with E-state index in [0.29, 0.717) is 16.7 Å². The highest BCUT2D eigenvalue weighted by atomic mass is 79.9. The summed E-state index contributed by atoms with van der Waals surface area (Å²) in [5, 5.41) is 21.5. The van der Waals surface area contributed by atoms with E-state index in [4.69, 9.17) is 0 Å². The summed E-state index contributed by atoms with van der Waals surface area (Å²) in [6, 6.07) is 10.2. The van der Waals surface area contributed by atoms with Gasteiger partial charge in [-0.25, -0.2) is 4.63 Å². The van der Waals surface area contributed by atoms with Gasteiger partial charge in [0.2, 0.25) is 0 Å². The predicted molar refractivity (Wildman–Crippen MR) is 75.9 cm³/mol. The topological polar surface area (TPSA) is 94.1 Å². The van der Waals surface area contributed by atoms with Crippen molar-refractivity contribution in [1.82, 2.24) is 10.3 Å². The number of benzene rings is 2. The number of aromatic nitrogens is 2. The molecule has 0 bridgehead atoms. The lowest BCUT2D eigenvalue weighted by Gasteiger charge is -2.08. The highest BCUT2D eigenvalue weighted by Crippen LogP contribution is 2.35. The largest absolute Gasteiger partial charge is 0.347 e. The molecule has 3 rings (SSSR count). The van der Waals surface area contributed by atoms with E-state index >= 15 is 0 Å². The number of hydrogen-bond donors (Lipinski definition) is 1. The summed E-state index contributed by atoms with van der Waals surface area (Å²) in [7, 11) is 0. The number of anilines is 2. The van der Waals surface area contributed by atoms with Crippen LogP contribution in [0.25, 0.3) is 11.0 Å². The molecule has 0 saturated carbocycles. The number of nitrogens with zero attached hydrogens (tertiary/aromatic N) is 3. The van der Waals surface area contributed by atoms with Crippen LogP contribution in [0.3, 0.4) is 0 Å². The number of rotatable bonds is 3. The number of hydrogen-bond acceptors (Lipinski definition) is 6. The molecule has 0 aliphatic carbocycles. The number of halogens is 1. The molecule has 0 unspecified atom stereocenters. The summed E-state index contributed by atoms with van der Waals surface area (Å²) < 4.78 is 5.41. The first kappa shape index (κ1) is 12.5.